The van der Waals surface area contributed by atoms with Crippen molar-refractivity contribution in [3.05, 3.63) is 82.1 Å². The van der Waals surface area contributed by atoms with Gasteiger partial charge in [-0.1, -0.05) is 12.1 Å². The molecule has 154 valence electrons. The number of fused-ring (bicyclic) bond motifs is 2. The fourth-order valence-electron chi connectivity index (χ4n) is 4.40. The largest absolute Gasteiger partial charge is 0.846 e. The van der Waals surface area contributed by atoms with Gasteiger partial charge in [-0.2, -0.15) is 0 Å². The van der Waals surface area contributed by atoms with Gasteiger partial charge in [-0.15, -0.1) is 0 Å². The molecular weight excluding hydrogens is 378 g/mol. The van der Waals surface area contributed by atoms with Gasteiger partial charge >= 0.3 is 7.26 Å². The smallest absolute Gasteiger partial charge is 0.487 e. The lowest BCUT2D eigenvalue weighted by molar-refractivity contribution is -0.336. The van der Waals surface area contributed by atoms with E-state index in [1.165, 1.54) is 6.20 Å². The molecule has 1 aromatic heterocycles. The molecule has 3 heterocycles. The van der Waals surface area contributed by atoms with Crippen LogP contribution in [-0.4, -0.2) is 35.6 Å². The standard InChI is InChI=1S/C23H27BFN4O/c1-14-10-16(3)28-22(14)21(23-15(2)11-17(4)29(23)24(28)25)18-6-8-20(9-7-18)30-13-19(12-26)27-5/h6-12,27H,13,26H2,1-5H3/q+1/b19-12-. The molecular formula is C23H27BFN4O+. The highest BCUT2D eigenvalue weighted by molar-refractivity contribution is 6.43. The molecule has 0 fully saturated rings. The number of halogens is 1. The number of benzene rings is 1. The zero-order valence-electron chi connectivity index (χ0n) is 18.1. The number of hydrogen-bond donors (Lipinski definition) is 2. The van der Waals surface area contributed by atoms with Gasteiger partial charge in [-0.3, -0.25) is 4.48 Å². The van der Waals surface area contributed by atoms with Crippen LogP contribution in [0.15, 0.2) is 59.6 Å². The van der Waals surface area contributed by atoms with E-state index < -0.39 is 7.26 Å². The Morgan fingerprint density at radius 3 is 2.57 bits per heavy atom. The molecule has 0 spiro atoms. The molecule has 0 saturated carbocycles. The van der Waals surface area contributed by atoms with Crippen molar-refractivity contribution in [2.45, 2.75) is 27.7 Å². The summed E-state index contributed by atoms with van der Waals surface area (Å²) in [5.74, 6) is 0.750. The van der Waals surface area contributed by atoms with Crippen LogP contribution in [0.5, 0.6) is 5.75 Å². The van der Waals surface area contributed by atoms with E-state index >= 15 is 4.32 Å². The molecule has 1 aromatic carbocycles. The number of allylic oxidation sites excluding steroid dienone is 2. The average molecular weight is 405 g/mol. The third kappa shape index (κ3) is 3.05. The second kappa shape index (κ2) is 7.56. The molecule has 0 radical (unpaired) electrons. The first-order chi connectivity index (χ1) is 14.4. The van der Waals surface area contributed by atoms with E-state index in [9.17, 15) is 0 Å². The predicted octanol–water partition coefficient (Wildman–Crippen LogP) is 3.51. The van der Waals surface area contributed by atoms with Crippen LogP contribution >= 0.6 is 0 Å². The SMILES string of the molecule is CN/C(=C\N)COc1ccc(C2=C3C(C)=CC(C)=[N+]3B(F)n3c(C)cc(C)c32)cc1. The van der Waals surface area contributed by atoms with Crippen LogP contribution in [0.1, 0.15) is 36.4 Å². The molecule has 2 aliphatic heterocycles. The van der Waals surface area contributed by atoms with Crippen LogP contribution in [0.3, 0.4) is 0 Å². The minimum atomic E-state index is -1.24. The van der Waals surface area contributed by atoms with E-state index in [0.717, 1.165) is 56.5 Å². The first-order valence-electron chi connectivity index (χ1n) is 10.1. The predicted molar refractivity (Wildman–Crippen MR) is 120 cm³/mol. The van der Waals surface area contributed by atoms with Gasteiger partial charge in [-0.05, 0) is 50.1 Å². The van der Waals surface area contributed by atoms with E-state index in [4.69, 9.17) is 10.5 Å². The minimum Gasteiger partial charge on any atom is -0.487 e. The van der Waals surface area contributed by atoms with Crippen LogP contribution in [-0.2, 0) is 0 Å². The number of aryl methyl sites for hydroxylation is 2. The number of nitrogens with zero attached hydrogens (tertiary/aromatic N) is 2. The molecule has 5 nitrogen and oxygen atoms in total. The summed E-state index contributed by atoms with van der Waals surface area (Å²) in [6, 6.07) is 10.0. The summed E-state index contributed by atoms with van der Waals surface area (Å²) < 4.78 is 25.0. The molecule has 0 atom stereocenters. The second-order valence-corrected chi connectivity index (χ2v) is 7.82. The first-order valence-corrected chi connectivity index (χ1v) is 10.1. The summed E-state index contributed by atoms with van der Waals surface area (Å²) in [5, 5.41) is 2.99. The number of rotatable bonds is 5. The Bertz CT molecular complexity index is 1140. The summed E-state index contributed by atoms with van der Waals surface area (Å²) in [7, 11) is 0.564. The third-order valence-electron chi connectivity index (χ3n) is 5.80. The van der Waals surface area contributed by atoms with Gasteiger partial charge in [0.15, 0.2) is 11.4 Å². The van der Waals surface area contributed by atoms with E-state index in [1.807, 2.05) is 59.0 Å². The maximum Gasteiger partial charge on any atom is 0.846 e. The molecule has 0 bridgehead atoms. The monoisotopic (exact) mass is 405 g/mol. The Balaban J connectivity index is 1.81. The lowest BCUT2D eigenvalue weighted by atomic mass is 9.87. The number of ether oxygens (including phenoxy) is 1. The molecule has 4 rings (SSSR count). The van der Waals surface area contributed by atoms with Crippen molar-refractivity contribution in [1.82, 2.24) is 9.79 Å². The Morgan fingerprint density at radius 1 is 1.23 bits per heavy atom. The summed E-state index contributed by atoms with van der Waals surface area (Å²) in [5.41, 5.74) is 14.3. The third-order valence-corrected chi connectivity index (χ3v) is 5.80. The first kappa shape index (κ1) is 20.1. The number of likely N-dealkylation sites (N-methyl/N-ethyl adjacent to an activating group) is 1. The van der Waals surface area contributed by atoms with Crippen molar-refractivity contribution in [3.8, 4) is 5.75 Å². The number of hydrogen-bond acceptors (Lipinski definition) is 3. The number of aromatic nitrogens is 1. The quantitative estimate of drug-likeness (QED) is 0.749. The fourth-order valence-corrected chi connectivity index (χ4v) is 4.40. The van der Waals surface area contributed by atoms with Gasteiger partial charge in [0.2, 0.25) is 0 Å². The Labute approximate surface area is 177 Å². The Kier molecular flexibility index (Phi) is 5.06. The van der Waals surface area contributed by atoms with Crippen molar-refractivity contribution in [2.75, 3.05) is 13.7 Å². The van der Waals surface area contributed by atoms with Crippen LogP contribution < -0.4 is 15.8 Å². The normalized spacial score (nSPS) is 16.0. The molecule has 0 aliphatic carbocycles. The van der Waals surface area contributed by atoms with Gasteiger partial charge in [-0.25, -0.2) is 8.80 Å². The maximum absolute atomic E-state index is 15.6. The lowest BCUT2D eigenvalue weighted by Crippen LogP contribution is -2.40. The molecule has 3 N–H and O–H groups in total. The summed E-state index contributed by atoms with van der Waals surface area (Å²) in [4.78, 5) is 0. The molecule has 7 heteroatoms. The van der Waals surface area contributed by atoms with Crippen LogP contribution in [0, 0.1) is 13.8 Å². The fraction of sp³-hybridized carbons (Fsp3) is 0.261. The molecule has 0 unspecified atom stereocenters. The van der Waals surface area contributed by atoms with E-state index in [0.29, 0.717) is 6.61 Å². The minimum absolute atomic E-state index is 0.370. The zero-order chi connectivity index (χ0) is 21.6. The summed E-state index contributed by atoms with van der Waals surface area (Å²) >= 11 is 0. The average Bonchev–Trinajstić information content (AvgIpc) is 3.19. The van der Waals surface area contributed by atoms with Gasteiger partial charge in [0, 0.05) is 37.5 Å². The molecule has 0 saturated heterocycles. The van der Waals surface area contributed by atoms with Crippen LogP contribution in [0.4, 0.5) is 4.32 Å². The van der Waals surface area contributed by atoms with Crippen molar-refractivity contribution in [3.63, 3.8) is 0 Å². The zero-order valence-corrected chi connectivity index (χ0v) is 18.1. The van der Waals surface area contributed by atoms with E-state index in [-0.39, 0.29) is 0 Å². The van der Waals surface area contributed by atoms with Crippen molar-refractivity contribution in [2.24, 2.45) is 5.73 Å². The van der Waals surface area contributed by atoms with Gasteiger partial charge in [0.1, 0.15) is 12.4 Å². The van der Waals surface area contributed by atoms with Gasteiger partial charge in [0.05, 0.1) is 17.0 Å². The lowest BCUT2D eigenvalue weighted by Gasteiger charge is -2.22. The molecule has 30 heavy (non-hydrogen) atoms. The van der Waals surface area contributed by atoms with Crippen LogP contribution in [0.2, 0.25) is 0 Å². The van der Waals surface area contributed by atoms with Crippen LogP contribution in [0.25, 0.3) is 5.57 Å². The van der Waals surface area contributed by atoms with E-state index in [2.05, 4.69) is 17.5 Å². The van der Waals surface area contributed by atoms with Crippen molar-refractivity contribution >= 4 is 18.5 Å². The molecule has 2 aliphatic rings. The summed E-state index contributed by atoms with van der Waals surface area (Å²) in [6.45, 7) is 8.37. The highest BCUT2D eigenvalue weighted by Crippen LogP contribution is 2.40. The molecule has 2 aromatic rings. The van der Waals surface area contributed by atoms with Gasteiger partial charge in [0.25, 0.3) is 0 Å². The number of nitrogens with two attached hydrogens (primary N) is 1. The topological polar surface area (TPSA) is 55.2 Å². The molecule has 0 amide bonds. The highest BCUT2D eigenvalue weighted by atomic mass is 19.1. The van der Waals surface area contributed by atoms with Crippen molar-refractivity contribution in [1.29, 1.82) is 0 Å². The number of nitrogens with one attached hydrogen (secondary N) is 1. The Morgan fingerprint density at radius 2 is 1.93 bits per heavy atom. The second-order valence-electron chi connectivity index (χ2n) is 7.82. The van der Waals surface area contributed by atoms with E-state index in [1.54, 1.807) is 8.96 Å². The van der Waals surface area contributed by atoms with Crippen molar-refractivity contribution < 1.29 is 13.5 Å². The summed E-state index contributed by atoms with van der Waals surface area (Å²) in [6.07, 6.45) is 3.55. The Hall–Kier alpha value is -3.22. The highest BCUT2D eigenvalue weighted by Gasteiger charge is 2.51. The van der Waals surface area contributed by atoms with Gasteiger partial charge < -0.3 is 15.8 Å². The maximum atomic E-state index is 15.6.